The van der Waals surface area contributed by atoms with Gasteiger partial charge in [0.05, 0.1) is 12.7 Å². The standard InChI is InChI=1S/C20H16O5/c1-23-20(22)18-12-11-15(25-18)13-24-19(21)17-10-6-5-9-16(17)14-7-3-2-4-8-14/h2-12H,13H2,1H3. The first-order chi connectivity index (χ1) is 12.2. The third kappa shape index (κ3) is 3.77. The average Bonchev–Trinajstić information content (AvgIpc) is 3.15. The third-order valence-electron chi connectivity index (χ3n) is 3.63. The van der Waals surface area contributed by atoms with Gasteiger partial charge in [0.15, 0.2) is 0 Å². The molecule has 0 fully saturated rings. The van der Waals surface area contributed by atoms with Gasteiger partial charge in [0, 0.05) is 0 Å². The molecule has 3 aromatic rings. The van der Waals surface area contributed by atoms with Gasteiger partial charge in [0.25, 0.3) is 0 Å². The van der Waals surface area contributed by atoms with Crippen LogP contribution in [0.2, 0.25) is 0 Å². The number of furan rings is 1. The average molecular weight is 336 g/mol. The fourth-order valence-electron chi connectivity index (χ4n) is 2.41. The molecule has 0 unspecified atom stereocenters. The van der Waals surface area contributed by atoms with E-state index in [9.17, 15) is 9.59 Å². The predicted octanol–water partition coefficient (Wildman–Crippen LogP) is 4.09. The predicted molar refractivity (Wildman–Crippen MR) is 91.0 cm³/mol. The number of ether oxygens (including phenoxy) is 2. The highest BCUT2D eigenvalue weighted by Gasteiger charge is 2.16. The zero-order valence-electron chi connectivity index (χ0n) is 13.6. The molecule has 5 nitrogen and oxygen atoms in total. The van der Waals surface area contributed by atoms with Crippen LogP contribution in [0.1, 0.15) is 26.7 Å². The lowest BCUT2D eigenvalue weighted by atomic mass is 10.00. The second-order valence-corrected chi connectivity index (χ2v) is 5.25. The SMILES string of the molecule is COC(=O)c1ccc(COC(=O)c2ccccc2-c2ccccc2)o1. The molecular formula is C20H16O5. The van der Waals surface area contributed by atoms with Gasteiger partial charge in [-0.1, -0.05) is 48.5 Å². The summed E-state index contributed by atoms with van der Waals surface area (Å²) in [4.78, 5) is 23.8. The maximum absolute atomic E-state index is 12.5. The van der Waals surface area contributed by atoms with E-state index in [2.05, 4.69) is 4.74 Å². The molecule has 0 amide bonds. The molecule has 0 bridgehead atoms. The lowest BCUT2D eigenvalue weighted by Crippen LogP contribution is -2.06. The van der Waals surface area contributed by atoms with E-state index in [0.717, 1.165) is 11.1 Å². The minimum atomic E-state index is -0.577. The number of esters is 2. The van der Waals surface area contributed by atoms with Crippen LogP contribution in [-0.2, 0) is 16.1 Å². The van der Waals surface area contributed by atoms with Gasteiger partial charge in [-0.15, -0.1) is 0 Å². The fraction of sp³-hybridized carbons (Fsp3) is 0.100. The number of carbonyl (C=O) groups is 2. The van der Waals surface area contributed by atoms with E-state index >= 15 is 0 Å². The molecule has 0 saturated carbocycles. The van der Waals surface area contributed by atoms with E-state index in [0.29, 0.717) is 11.3 Å². The minimum Gasteiger partial charge on any atom is -0.463 e. The number of hydrogen-bond donors (Lipinski definition) is 0. The first-order valence-electron chi connectivity index (χ1n) is 7.67. The van der Waals surface area contributed by atoms with Crippen molar-refractivity contribution >= 4 is 11.9 Å². The van der Waals surface area contributed by atoms with Crippen molar-refractivity contribution in [1.82, 2.24) is 0 Å². The zero-order chi connectivity index (χ0) is 17.6. The third-order valence-corrected chi connectivity index (χ3v) is 3.63. The molecule has 0 radical (unpaired) electrons. The summed E-state index contributed by atoms with van der Waals surface area (Å²) >= 11 is 0. The largest absolute Gasteiger partial charge is 0.463 e. The van der Waals surface area contributed by atoms with E-state index in [1.54, 1.807) is 18.2 Å². The summed E-state index contributed by atoms with van der Waals surface area (Å²) in [6.45, 7) is -0.0705. The molecule has 0 aliphatic carbocycles. The zero-order valence-corrected chi connectivity index (χ0v) is 13.6. The van der Waals surface area contributed by atoms with Crippen LogP contribution in [0.3, 0.4) is 0 Å². The van der Waals surface area contributed by atoms with Crippen molar-refractivity contribution in [2.45, 2.75) is 6.61 Å². The number of hydrogen-bond acceptors (Lipinski definition) is 5. The summed E-state index contributed by atoms with van der Waals surface area (Å²) in [5.74, 6) is -0.605. The van der Waals surface area contributed by atoms with E-state index in [-0.39, 0.29) is 12.4 Å². The Morgan fingerprint density at radius 2 is 1.60 bits per heavy atom. The molecule has 3 rings (SSSR count). The first-order valence-corrected chi connectivity index (χ1v) is 7.67. The van der Waals surface area contributed by atoms with Gasteiger partial charge in [-0.2, -0.15) is 0 Å². The summed E-state index contributed by atoms with van der Waals surface area (Å²) in [6, 6.07) is 19.9. The molecule has 1 aromatic heterocycles. The van der Waals surface area contributed by atoms with Crippen molar-refractivity contribution in [2.24, 2.45) is 0 Å². The quantitative estimate of drug-likeness (QED) is 0.657. The Labute approximate surface area is 144 Å². The van der Waals surface area contributed by atoms with Crippen LogP contribution in [0.25, 0.3) is 11.1 Å². The number of methoxy groups -OCH3 is 1. The van der Waals surface area contributed by atoms with Gasteiger partial charge in [0.1, 0.15) is 12.4 Å². The molecule has 1 heterocycles. The van der Waals surface area contributed by atoms with Crippen molar-refractivity contribution in [2.75, 3.05) is 7.11 Å². The van der Waals surface area contributed by atoms with Gasteiger partial charge in [0.2, 0.25) is 5.76 Å². The molecule has 0 aliphatic rings. The van der Waals surface area contributed by atoms with Crippen LogP contribution >= 0.6 is 0 Å². The second-order valence-electron chi connectivity index (χ2n) is 5.25. The monoisotopic (exact) mass is 336 g/mol. The molecular weight excluding hydrogens is 320 g/mol. The molecule has 0 atom stereocenters. The number of carbonyl (C=O) groups excluding carboxylic acids is 2. The Bertz CT molecular complexity index is 880. The van der Waals surface area contributed by atoms with Gasteiger partial charge in [-0.05, 0) is 29.3 Å². The lowest BCUT2D eigenvalue weighted by Gasteiger charge is -2.09. The Hall–Kier alpha value is -3.34. The van der Waals surface area contributed by atoms with Crippen LogP contribution in [-0.4, -0.2) is 19.0 Å². The molecule has 2 aromatic carbocycles. The summed E-state index contributed by atoms with van der Waals surface area (Å²) in [6.07, 6.45) is 0. The summed E-state index contributed by atoms with van der Waals surface area (Å²) in [7, 11) is 1.27. The summed E-state index contributed by atoms with van der Waals surface area (Å²) < 4.78 is 15.2. The Morgan fingerprint density at radius 1 is 0.880 bits per heavy atom. The summed E-state index contributed by atoms with van der Waals surface area (Å²) in [5.41, 5.74) is 2.19. The molecule has 0 N–H and O–H groups in total. The van der Waals surface area contributed by atoms with Crippen LogP contribution in [0.15, 0.2) is 71.1 Å². The normalized spacial score (nSPS) is 10.3. The molecule has 0 aliphatic heterocycles. The topological polar surface area (TPSA) is 65.7 Å². The van der Waals surface area contributed by atoms with E-state index in [1.807, 2.05) is 42.5 Å². The Morgan fingerprint density at radius 3 is 2.36 bits per heavy atom. The second kappa shape index (κ2) is 7.49. The Balaban J connectivity index is 1.74. The molecule has 0 spiro atoms. The lowest BCUT2D eigenvalue weighted by molar-refractivity contribution is 0.0439. The van der Waals surface area contributed by atoms with Gasteiger partial charge < -0.3 is 13.9 Å². The molecule has 126 valence electrons. The van der Waals surface area contributed by atoms with Crippen LogP contribution < -0.4 is 0 Å². The van der Waals surface area contributed by atoms with Gasteiger partial charge in [-0.25, -0.2) is 9.59 Å². The van der Waals surface area contributed by atoms with Crippen molar-refractivity contribution in [3.05, 3.63) is 83.8 Å². The van der Waals surface area contributed by atoms with Crippen molar-refractivity contribution in [1.29, 1.82) is 0 Å². The molecule has 0 saturated heterocycles. The molecule has 25 heavy (non-hydrogen) atoms. The summed E-state index contributed by atoms with van der Waals surface area (Å²) in [5, 5.41) is 0. The van der Waals surface area contributed by atoms with Crippen LogP contribution in [0.4, 0.5) is 0 Å². The Kier molecular flexibility index (Phi) is 4.95. The highest BCUT2D eigenvalue weighted by atomic mass is 16.5. The number of rotatable bonds is 5. The van der Waals surface area contributed by atoms with Crippen molar-refractivity contribution in [3.8, 4) is 11.1 Å². The maximum Gasteiger partial charge on any atom is 0.373 e. The highest BCUT2D eigenvalue weighted by Crippen LogP contribution is 2.24. The number of benzene rings is 2. The van der Waals surface area contributed by atoms with E-state index < -0.39 is 11.9 Å². The van der Waals surface area contributed by atoms with E-state index in [1.165, 1.54) is 13.2 Å². The van der Waals surface area contributed by atoms with E-state index in [4.69, 9.17) is 9.15 Å². The molecule has 5 heteroatoms. The van der Waals surface area contributed by atoms with Crippen molar-refractivity contribution < 1.29 is 23.5 Å². The van der Waals surface area contributed by atoms with Gasteiger partial charge >= 0.3 is 11.9 Å². The smallest absolute Gasteiger partial charge is 0.373 e. The highest BCUT2D eigenvalue weighted by molar-refractivity contribution is 5.97. The first kappa shape index (κ1) is 16.5. The minimum absolute atomic E-state index is 0.0678. The van der Waals surface area contributed by atoms with Crippen LogP contribution in [0, 0.1) is 0 Å². The van der Waals surface area contributed by atoms with Gasteiger partial charge in [-0.3, -0.25) is 0 Å². The van der Waals surface area contributed by atoms with Crippen LogP contribution in [0.5, 0.6) is 0 Å². The maximum atomic E-state index is 12.5. The van der Waals surface area contributed by atoms with Crippen molar-refractivity contribution in [3.63, 3.8) is 0 Å². The fourth-order valence-corrected chi connectivity index (χ4v) is 2.41.